The number of rotatable bonds is 2. The topological polar surface area (TPSA) is 105 Å². The second-order valence-electron chi connectivity index (χ2n) is 6.15. The first-order valence-electron chi connectivity index (χ1n) is 7.97. The van der Waals surface area contributed by atoms with Gasteiger partial charge < -0.3 is 9.67 Å². The maximum absolute atomic E-state index is 13.1. The van der Waals surface area contributed by atoms with Crippen molar-refractivity contribution in [2.24, 2.45) is 7.05 Å². The molecule has 0 bridgehead atoms. The number of aromatic nitrogens is 2. The maximum atomic E-state index is 13.1. The summed E-state index contributed by atoms with van der Waals surface area (Å²) in [6.07, 6.45) is 1.60. The van der Waals surface area contributed by atoms with E-state index in [2.05, 4.69) is 10.3 Å². The molecule has 2 aromatic heterocycles. The third-order valence-corrected chi connectivity index (χ3v) is 7.16. The standard InChI is InChI=1S/C17H16N4O4S2/c1-9-8-18-17(26-9)19-16(23)13-14(22)12-15(27(24,25)21(13)3)10-6-4-5-7-11(10)20(12)2/h4-8,22H,1-3H3,(H,18,19,23). The number of amides is 1. The molecule has 8 nitrogen and oxygen atoms in total. The van der Waals surface area contributed by atoms with Gasteiger partial charge in [0.15, 0.2) is 16.6 Å². The summed E-state index contributed by atoms with van der Waals surface area (Å²) < 4.78 is 28.6. The van der Waals surface area contributed by atoms with Crippen molar-refractivity contribution in [3.63, 3.8) is 0 Å². The van der Waals surface area contributed by atoms with E-state index in [1.807, 2.05) is 6.92 Å². The smallest absolute Gasteiger partial charge is 0.278 e. The van der Waals surface area contributed by atoms with E-state index in [-0.39, 0.29) is 16.3 Å². The Bertz CT molecular complexity index is 1240. The summed E-state index contributed by atoms with van der Waals surface area (Å²) in [4.78, 5) is 17.7. The van der Waals surface area contributed by atoms with Crippen LogP contribution in [0.25, 0.3) is 16.7 Å². The number of hydrogen-bond acceptors (Lipinski definition) is 6. The number of aliphatic hydroxyl groups is 1. The molecule has 4 rings (SSSR count). The van der Waals surface area contributed by atoms with Crippen molar-refractivity contribution in [2.75, 3.05) is 12.4 Å². The lowest BCUT2D eigenvalue weighted by Crippen LogP contribution is -2.37. The van der Waals surface area contributed by atoms with Crippen LogP contribution in [0.5, 0.6) is 0 Å². The number of para-hydroxylation sites is 1. The molecule has 10 heteroatoms. The van der Waals surface area contributed by atoms with Gasteiger partial charge >= 0.3 is 0 Å². The van der Waals surface area contributed by atoms with Crippen LogP contribution >= 0.6 is 11.3 Å². The fourth-order valence-electron chi connectivity index (χ4n) is 3.22. The zero-order chi connectivity index (χ0) is 19.5. The minimum Gasteiger partial charge on any atom is -0.504 e. The first-order valence-corrected chi connectivity index (χ1v) is 10.2. The zero-order valence-electron chi connectivity index (χ0n) is 14.7. The van der Waals surface area contributed by atoms with Crippen molar-refractivity contribution in [3.8, 4) is 0 Å². The number of fused-ring (bicyclic) bond motifs is 3. The molecule has 140 valence electrons. The molecule has 0 aliphatic carbocycles. The minimum atomic E-state index is -4.02. The van der Waals surface area contributed by atoms with Gasteiger partial charge in [-0.1, -0.05) is 18.2 Å². The molecule has 3 aromatic rings. The Kier molecular flexibility index (Phi) is 3.79. The number of aryl methyl sites for hydroxylation is 2. The highest BCUT2D eigenvalue weighted by Crippen LogP contribution is 2.40. The van der Waals surface area contributed by atoms with Gasteiger partial charge in [-0.15, -0.1) is 11.3 Å². The Morgan fingerprint density at radius 1 is 1.26 bits per heavy atom. The first-order chi connectivity index (χ1) is 12.7. The Balaban J connectivity index is 1.94. The van der Waals surface area contributed by atoms with Crippen molar-refractivity contribution in [3.05, 3.63) is 46.7 Å². The number of carbonyl (C=O) groups is 1. The van der Waals surface area contributed by atoms with E-state index in [0.717, 1.165) is 9.18 Å². The van der Waals surface area contributed by atoms with E-state index in [1.54, 1.807) is 42.1 Å². The van der Waals surface area contributed by atoms with Gasteiger partial charge in [0.05, 0.1) is 0 Å². The van der Waals surface area contributed by atoms with Crippen LogP contribution in [-0.2, 0) is 21.9 Å². The molecule has 3 heterocycles. The lowest BCUT2D eigenvalue weighted by molar-refractivity contribution is -0.113. The van der Waals surface area contributed by atoms with Crippen molar-refractivity contribution in [2.45, 2.75) is 11.8 Å². The Labute approximate surface area is 159 Å². The third kappa shape index (κ3) is 2.44. The Morgan fingerprint density at radius 2 is 1.96 bits per heavy atom. The molecule has 1 amide bonds. The molecule has 0 fully saturated rings. The molecule has 27 heavy (non-hydrogen) atoms. The second kappa shape index (κ2) is 5.83. The van der Waals surface area contributed by atoms with Gasteiger partial charge in [-0.05, 0) is 13.0 Å². The number of sulfonamides is 1. The number of benzene rings is 1. The first kappa shape index (κ1) is 17.6. The van der Waals surface area contributed by atoms with Crippen LogP contribution in [0.3, 0.4) is 0 Å². The van der Waals surface area contributed by atoms with Gasteiger partial charge in [0.25, 0.3) is 15.9 Å². The molecule has 1 aliphatic heterocycles. The van der Waals surface area contributed by atoms with Crippen LogP contribution in [0.15, 0.2) is 41.1 Å². The SMILES string of the molecule is Cc1cnc(NC(=O)C2=C(O)c3c(c4ccccc4n3C)S(=O)(=O)N2C)s1. The number of anilines is 1. The molecular formula is C17H16N4O4S2. The van der Waals surface area contributed by atoms with E-state index >= 15 is 0 Å². The summed E-state index contributed by atoms with van der Waals surface area (Å²) in [6.45, 7) is 1.84. The van der Waals surface area contributed by atoms with E-state index in [0.29, 0.717) is 16.0 Å². The van der Waals surface area contributed by atoms with Gasteiger partial charge in [0.2, 0.25) is 0 Å². The molecule has 1 aliphatic rings. The average molecular weight is 404 g/mol. The van der Waals surface area contributed by atoms with Gasteiger partial charge in [0, 0.05) is 36.1 Å². The number of nitrogens with zero attached hydrogens (tertiary/aromatic N) is 3. The second-order valence-corrected chi connectivity index (χ2v) is 9.29. The lowest BCUT2D eigenvalue weighted by atomic mass is 10.2. The molecule has 2 N–H and O–H groups in total. The normalized spacial score (nSPS) is 15.9. The molecule has 0 unspecified atom stereocenters. The Morgan fingerprint density at radius 3 is 2.63 bits per heavy atom. The fraction of sp³-hybridized carbons (Fsp3) is 0.176. The summed E-state index contributed by atoms with van der Waals surface area (Å²) in [7, 11) is -1.12. The van der Waals surface area contributed by atoms with Crippen LogP contribution in [0.2, 0.25) is 0 Å². The van der Waals surface area contributed by atoms with Crippen LogP contribution in [-0.4, -0.2) is 40.3 Å². The number of thiazole rings is 1. The highest BCUT2D eigenvalue weighted by atomic mass is 32.2. The van der Waals surface area contributed by atoms with Crippen molar-refractivity contribution in [1.82, 2.24) is 13.9 Å². The summed E-state index contributed by atoms with van der Waals surface area (Å²) in [5.41, 5.74) is 0.388. The summed E-state index contributed by atoms with van der Waals surface area (Å²) in [5, 5.41) is 14.2. The molecule has 0 radical (unpaired) electrons. The molecule has 0 spiro atoms. The predicted octanol–water partition coefficient (Wildman–Crippen LogP) is 2.44. The molecular weight excluding hydrogens is 388 g/mol. The van der Waals surface area contributed by atoms with Gasteiger partial charge in [-0.3, -0.25) is 14.4 Å². The number of carbonyl (C=O) groups excluding carboxylic acids is 1. The van der Waals surface area contributed by atoms with Crippen LogP contribution < -0.4 is 5.32 Å². The number of hydrogen-bond donors (Lipinski definition) is 2. The van der Waals surface area contributed by atoms with Crippen molar-refractivity contribution in [1.29, 1.82) is 0 Å². The zero-order valence-corrected chi connectivity index (χ0v) is 16.3. The third-order valence-electron chi connectivity index (χ3n) is 4.50. The number of aliphatic hydroxyl groups excluding tert-OH is 1. The highest BCUT2D eigenvalue weighted by Gasteiger charge is 2.41. The highest BCUT2D eigenvalue weighted by molar-refractivity contribution is 7.89. The summed E-state index contributed by atoms with van der Waals surface area (Å²) in [6, 6.07) is 6.94. The minimum absolute atomic E-state index is 0.0118. The van der Waals surface area contributed by atoms with E-state index < -0.39 is 21.7 Å². The predicted molar refractivity (Wildman–Crippen MR) is 103 cm³/mol. The van der Waals surface area contributed by atoms with Gasteiger partial charge in [-0.25, -0.2) is 13.4 Å². The molecule has 0 saturated heterocycles. The Hall–Kier alpha value is -2.85. The van der Waals surface area contributed by atoms with Crippen molar-refractivity contribution < 1.29 is 18.3 Å². The quantitative estimate of drug-likeness (QED) is 0.683. The molecule has 0 saturated carbocycles. The van der Waals surface area contributed by atoms with Crippen LogP contribution in [0.1, 0.15) is 10.6 Å². The van der Waals surface area contributed by atoms with Gasteiger partial charge in [-0.2, -0.15) is 0 Å². The van der Waals surface area contributed by atoms with E-state index in [9.17, 15) is 18.3 Å². The van der Waals surface area contributed by atoms with E-state index in [4.69, 9.17) is 0 Å². The van der Waals surface area contributed by atoms with Gasteiger partial charge in [0.1, 0.15) is 10.6 Å². The maximum Gasteiger partial charge on any atom is 0.278 e. The molecule has 0 atom stereocenters. The average Bonchev–Trinajstić information content (AvgIpc) is 3.15. The largest absolute Gasteiger partial charge is 0.504 e. The van der Waals surface area contributed by atoms with Crippen LogP contribution in [0.4, 0.5) is 5.13 Å². The summed E-state index contributed by atoms with van der Waals surface area (Å²) >= 11 is 1.25. The monoisotopic (exact) mass is 404 g/mol. The lowest BCUT2D eigenvalue weighted by Gasteiger charge is -2.27. The molecule has 1 aromatic carbocycles. The summed E-state index contributed by atoms with van der Waals surface area (Å²) in [5.74, 6) is -1.14. The number of likely N-dealkylation sites (N-methyl/N-ethyl adjacent to an activating group) is 1. The van der Waals surface area contributed by atoms with Crippen molar-refractivity contribution >= 4 is 49.1 Å². The van der Waals surface area contributed by atoms with E-state index in [1.165, 1.54) is 18.4 Å². The van der Waals surface area contributed by atoms with Crippen LogP contribution in [0, 0.1) is 6.92 Å². The number of nitrogens with one attached hydrogen (secondary N) is 1. The fourth-order valence-corrected chi connectivity index (χ4v) is 5.50.